The first-order valence-corrected chi connectivity index (χ1v) is 5.60. The second-order valence-electron chi connectivity index (χ2n) is 4.93. The van der Waals surface area contributed by atoms with Gasteiger partial charge in [0.15, 0.2) is 4.87 Å². The van der Waals surface area contributed by atoms with E-state index < -0.39 is 22.5 Å². The van der Waals surface area contributed by atoms with Crippen molar-refractivity contribution in [2.24, 2.45) is 0 Å². The number of alkyl halides is 1. The maximum absolute atomic E-state index is 11.7. The summed E-state index contributed by atoms with van der Waals surface area (Å²) < 4.78 is 5.15. The molecule has 1 aliphatic rings. The number of ether oxygens (including phenoxy) is 1. The molecule has 6 heteroatoms. The topological polar surface area (TPSA) is 66.8 Å². The second kappa shape index (κ2) is 4.56. The molecule has 0 radical (unpaired) electrons. The Morgan fingerprint density at radius 3 is 2.53 bits per heavy atom. The monoisotopic (exact) mass is 261 g/mol. The largest absolute Gasteiger partial charge is 0.480 e. The zero-order valence-electron chi connectivity index (χ0n) is 10.1. The highest BCUT2D eigenvalue weighted by Gasteiger charge is 2.40. The Morgan fingerprint density at radius 2 is 2.06 bits per heavy atom. The Morgan fingerprint density at radius 1 is 1.47 bits per heavy atom. The molecule has 17 heavy (non-hydrogen) atoms. The highest BCUT2D eigenvalue weighted by Crippen LogP contribution is 2.24. The van der Waals surface area contributed by atoms with E-state index in [2.05, 4.69) is 0 Å². The fraction of sp³-hybridized carbons (Fsp3) is 0.636. The summed E-state index contributed by atoms with van der Waals surface area (Å²) in [6, 6.07) is 0. The van der Waals surface area contributed by atoms with E-state index in [-0.39, 0.29) is 6.54 Å². The van der Waals surface area contributed by atoms with Crippen molar-refractivity contribution in [2.45, 2.75) is 31.2 Å². The normalized spacial score (nSPS) is 24.6. The van der Waals surface area contributed by atoms with E-state index in [1.54, 1.807) is 26.8 Å². The highest BCUT2D eigenvalue weighted by molar-refractivity contribution is 6.35. The molecule has 1 heterocycles. The first kappa shape index (κ1) is 13.8. The van der Waals surface area contributed by atoms with Crippen LogP contribution in [0.1, 0.15) is 20.8 Å². The van der Waals surface area contributed by atoms with Crippen molar-refractivity contribution in [1.29, 1.82) is 0 Å². The quantitative estimate of drug-likeness (QED) is 0.578. The van der Waals surface area contributed by atoms with Crippen molar-refractivity contribution in [1.82, 2.24) is 4.90 Å². The Hall–Kier alpha value is -1.23. The number of carboxylic acid groups (broad SMARTS) is 1. The zero-order chi connectivity index (χ0) is 13.3. The molecule has 0 fully saturated rings. The number of amides is 1. The minimum absolute atomic E-state index is 0.102. The molecule has 1 atom stereocenters. The van der Waals surface area contributed by atoms with Crippen molar-refractivity contribution in [3.05, 3.63) is 12.2 Å². The molecule has 1 unspecified atom stereocenters. The third-order valence-corrected chi connectivity index (χ3v) is 2.54. The van der Waals surface area contributed by atoms with Crippen LogP contribution in [0.15, 0.2) is 12.2 Å². The van der Waals surface area contributed by atoms with Gasteiger partial charge in [-0.25, -0.2) is 9.59 Å². The van der Waals surface area contributed by atoms with Crippen LogP contribution in [0, 0.1) is 0 Å². The molecule has 0 aromatic heterocycles. The van der Waals surface area contributed by atoms with Crippen LogP contribution < -0.4 is 0 Å². The lowest BCUT2D eigenvalue weighted by molar-refractivity contribution is -0.139. The average molecular weight is 262 g/mol. The number of halogens is 1. The molecule has 96 valence electrons. The van der Waals surface area contributed by atoms with E-state index in [1.807, 2.05) is 0 Å². The minimum Gasteiger partial charge on any atom is -0.480 e. The summed E-state index contributed by atoms with van der Waals surface area (Å²) in [4.78, 5) is 22.4. The fourth-order valence-electron chi connectivity index (χ4n) is 1.37. The maximum Gasteiger partial charge on any atom is 0.410 e. The van der Waals surface area contributed by atoms with Crippen LogP contribution in [-0.2, 0) is 9.53 Å². The Balaban J connectivity index is 2.73. The van der Waals surface area contributed by atoms with E-state index >= 15 is 0 Å². The predicted octanol–water partition coefficient (Wildman–Crippen LogP) is 1.86. The van der Waals surface area contributed by atoms with Crippen molar-refractivity contribution < 1.29 is 19.4 Å². The molecule has 0 spiro atoms. The molecular weight excluding hydrogens is 246 g/mol. The number of carbonyl (C=O) groups is 2. The number of carboxylic acids is 1. The third-order valence-electron chi connectivity index (χ3n) is 2.14. The van der Waals surface area contributed by atoms with Gasteiger partial charge in [-0.2, -0.15) is 0 Å². The molecule has 0 saturated heterocycles. The molecule has 1 N–H and O–H groups in total. The Bertz CT molecular complexity index is 361. The molecule has 1 aliphatic heterocycles. The summed E-state index contributed by atoms with van der Waals surface area (Å²) in [5, 5.41) is 8.97. The van der Waals surface area contributed by atoms with Gasteiger partial charge in [-0.1, -0.05) is 12.2 Å². The fourth-order valence-corrected chi connectivity index (χ4v) is 1.60. The van der Waals surface area contributed by atoms with E-state index in [1.165, 1.54) is 11.0 Å². The summed E-state index contributed by atoms with van der Waals surface area (Å²) in [5.74, 6) is -1.18. The molecular formula is C11H16ClNO4. The standard InChI is InChI=1S/C11H16ClNO4/c1-10(2,3)17-9(16)13-6-4-5-11(12,7-13)8(14)15/h4-5H,6-7H2,1-3H3,(H,14,15). The Kier molecular flexibility index (Phi) is 3.71. The molecule has 0 aliphatic carbocycles. The summed E-state index contributed by atoms with van der Waals surface area (Å²) in [5.41, 5.74) is -0.615. The molecule has 1 amide bonds. The average Bonchev–Trinajstić information content (AvgIpc) is 2.15. The number of nitrogens with zero attached hydrogens (tertiary/aromatic N) is 1. The number of hydrogen-bond donors (Lipinski definition) is 1. The van der Waals surface area contributed by atoms with Gasteiger partial charge in [0.2, 0.25) is 0 Å². The van der Waals surface area contributed by atoms with E-state index in [4.69, 9.17) is 21.4 Å². The Labute approximate surface area is 105 Å². The van der Waals surface area contributed by atoms with E-state index in [9.17, 15) is 9.59 Å². The smallest absolute Gasteiger partial charge is 0.410 e. The summed E-state index contributed by atoms with van der Waals surface area (Å²) in [7, 11) is 0. The van der Waals surface area contributed by atoms with Crippen LogP contribution >= 0.6 is 11.6 Å². The minimum atomic E-state index is -1.56. The number of hydrogen-bond acceptors (Lipinski definition) is 3. The lowest BCUT2D eigenvalue weighted by Crippen LogP contribution is -2.50. The van der Waals surface area contributed by atoms with Gasteiger partial charge < -0.3 is 14.7 Å². The van der Waals surface area contributed by atoms with Gasteiger partial charge in [-0.3, -0.25) is 0 Å². The molecule has 0 saturated carbocycles. The second-order valence-corrected chi connectivity index (χ2v) is 5.61. The van der Waals surface area contributed by atoms with Crippen LogP contribution in [0.3, 0.4) is 0 Å². The summed E-state index contributed by atoms with van der Waals surface area (Å²) >= 11 is 5.88. The van der Waals surface area contributed by atoms with Crippen LogP contribution in [0.25, 0.3) is 0 Å². The SMILES string of the molecule is CC(C)(C)OC(=O)N1CC=CC(Cl)(C(=O)O)C1. The van der Waals surface area contributed by atoms with Crippen LogP contribution in [0.4, 0.5) is 4.79 Å². The highest BCUT2D eigenvalue weighted by atomic mass is 35.5. The van der Waals surface area contributed by atoms with Crippen molar-refractivity contribution >= 4 is 23.7 Å². The molecule has 5 nitrogen and oxygen atoms in total. The van der Waals surface area contributed by atoms with Crippen molar-refractivity contribution in [3.8, 4) is 0 Å². The van der Waals surface area contributed by atoms with Crippen molar-refractivity contribution in [2.75, 3.05) is 13.1 Å². The lowest BCUT2D eigenvalue weighted by Gasteiger charge is -2.33. The van der Waals surface area contributed by atoms with Gasteiger partial charge in [0.05, 0.1) is 6.54 Å². The van der Waals surface area contributed by atoms with Gasteiger partial charge >= 0.3 is 12.1 Å². The van der Waals surface area contributed by atoms with Crippen molar-refractivity contribution in [3.63, 3.8) is 0 Å². The zero-order valence-corrected chi connectivity index (χ0v) is 10.8. The van der Waals surface area contributed by atoms with E-state index in [0.717, 1.165) is 0 Å². The molecule has 0 aromatic rings. The number of aliphatic carboxylic acids is 1. The number of rotatable bonds is 1. The van der Waals surface area contributed by atoms with Gasteiger partial charge in [0.1, 0.15) is 5.60 Å². The first-order valence-electron chi connectivity index (χ1n) is 5.22. The molecule has 0 aromatic carbocycles. The maximum atomic E-state index is 11.7. The molecule has 0 bridgehead atoms. The van der Waals surface area contributed by atoms with Crippen LogP contribution in [-0.4, -0.2) is 45.6 Å². The number of carbonyl (C=O) groups excluding carboxylic acids is 1. The van der Waals surface area contributed by atoms with Crippen LogP contribution in [0.5, 0.6) is 0 Å². The van der Waals surface area contributed by atoms with Gasteiger partial charge in [0, 0.05) is 6.54 Å². The summed E-state index contributed by atoms with van der Waals surface area (Å²) in [6.45, 7) is 5.44. The van der Waals surface area contributed by atoms with Crippen LogP contribution in [0.2, 0.25) is 0 Å². The summed E-state index contributed by atoms with van der Waals surface area (Å²) in [6.07, 6.45) is 2.37. The van der Waals surface area contributed by atoms with Gasteiger partial charge in [0.25, 0.3) is 0 Å². The van der Waals surface area contributed by atoms with Gasteiger partial charge in [-0.15, -0.1) is 11.6 Å². The first-order chi connectivity index (χ1) is 7.64. The lowest BCUT2D eigenvalue weighted by atomic mass is 10.1. The third kappa shape index (κ3) is 3.63. The van der Waals surface area contributed by atoms with Gasteiger partial charge in [-0.05, 0) is 20.8 Å². The van der Waals surface area contributed by atoms with E-state index in [0.29, 0.717) is 6.54 Å². The predicted molar refractivity (Wildman–Crippen MR) is 63.2 cm³/mol. The molecule has 1 rings (SSSR count).